The van der Waals surface area contributed by atoms with Gasteiger partial charge in [0.25, 0.3) is 5.91 Å². The monoisotopic (exact) mass is 565 g/mol. The van der Waals surface area contributed by atoms with Crippen LogP contribution in [-0.2, 0) is 24.8 Å². The first kappa shape index (κ1) is 28.3. The van der Waals surface area contributed by atoms with Crippen LogP contribution in [0.1, 0.15) is 21.6 Å². The highest BCUT2D eigenvalue weighted by Crippen LogP contribution is 2.39. The minimum Gasteiger partial charge on any atom is -0.494 e. The standard InChI is InChI=1S/C27H28ClN7O5/c1-30-26(36)19-14-31-23(28)13-21(19)33-22-12-16(11-18(25(22)38-3)20-7-9-35(2)34-20)8-10-39-15-17-5-4-6-24(32-17)40-27(29)37/h4-7,9,11-14H,8,10,15H2,1-3H3,(H2,29,37)(H,30,36)(H,31,33). The van der Waals surface area contributed by atoms with E-state index in [1.54, 1.807) is 30.0 Å². The molecule has 4 aromatic rings. The third kappa shape index (κ3) is 7.04. The van der Waals surface area contributed by atoms with E-state index in [4.69, 9.17) is 31.5 Å². The number of ether oxygens (including phenoxy) is 3. The molecule has 3 heterocycles. The van der Waals surface area contributed by atoms with Crippen LogP contribution in [0.4, 0.5) is 16.2 Å². The number of amides is 2. The number of rotatable bonds is 11. The SMILES string of the molecule is CNC(=O)c1cnc(Cl)cc1Nc1cc(CCOCc2cccc(OC(N)=O)n2)cc(-c2ccn(C)n2)c1OC. The number of pyridine rings is 2. The van der Waals surface area contributed by atoms with Crippen molar-refractivity contribution in [2.24, 2.45) is 12.8 Å². The fourth-order valence-corrected chi connectivity index (χ4v) is 4.11. The van der Waals surface area contributed by atoms with Gasteiger partial charge >= 0.3 is 6.09 Å². The maximum atomic E-state index is 12.5. The second-order valence-electron chi connectivity index (χ2n) is 8.55. The van der Waals surface area contributed by atoms with Gasteiger partial charge < -0.3 is 30.6 Å². The minimum absolute atomic E-state index is 0.104. The van der Waals surface area contributed by atoms with Crippen molar-refractivity contribution < 1.29 is 23.8 Å². The third-order valence-corrected chi connectivity index (χ3v) is 5.93. The maximum Gasteiger partial charge on any atom is 0.411 e. The van der Waals surface area contributed by atoms with Crippen LogP contribution < -0.4 is 25.8 Å². The zero-order valence-corrected chi connectivity index (χ0v) is 22.9. The number of primary amides is 1. The molecule has 2 amide bonds. The van der Waals surface area contributed by atoms with Crippen molar-refractivity contribution in [1.82, 2.24) is 25.1 Å². The van der Waals surface area contributed by atoms with Crippen molar-refractivity contribution >= 4 is 35.0 Å². The summed E-state index contributed by atoms with van der Waals surface area (Å²) in [7, 11) is 4.94. The van der Waals surface area contributed by atoms with E-state index in [9.17, 15) is 9.59 Å². The Kier molecular flexibility index (Phi) is 9.15. The third-order valence-electron chi connectivity index (χ3n) is 5.73. The lowest BCUT2D eigenvalue weighted by atomic mass is 10.0. The van der Waals surface area contributed by atoms with Crippen LogP contribution >= 0.6 is 11.6 Å². The summed E-state index contributed by atoms with van der Waals surface area (Å²) < 4.78 is 18.2. The molecule has 0 unspecified atom stereocenters. The number of carbonyl (C=O) groups is 2. The number of nitrogens with one attached hydrogen (secondary N) is 2. The number of anilines is 2. The molecule has 0 aliphatic rings. The van der Waals surface area contributed by atoms with Gasteiger partial charge in [-0.05, 0) is 42.3 Å². The van der Waals surface area contributed by atoms with Crippen molar-refractivity contribution in [2.75, 3.05) is 26.1 Å². The van der Waals surface area contributed by atoms with Crippen molar-refractivity contribution in [3.05, 3.63) is 76.8 Å². The van der Waals surface area contributed by atoms with Gasteiger partial charge in [0.1, 0.15) is 5.15 Å². The normalized spacial score (nSPS) is 10.7. The highest BCUT2D eigenvalue weighted by atomic mass is 35.5. The van der Waals surface area contributed by atoms with Gasteiger partial charge in [0, 0.05) is 38.1 Å². The lowest BCUT2D eigenvalue weighted by Crippen LogP contribution is -2.19. The Labute approximate surface area is 235 Å². The zero-order chi connectivity index (χ0) is 28.6. The van der Waals surface area contributed by atoms with Crippen molar-refractivity contribution in [3.63, 3.8) is 0 Å². The average molecular weight is 566 g/mol. The summed E-state index contributed by atoms with van der Waals surface area (Å²) in [5.74, 6) is 0.320. The smallest absolute Gasteiger partial charge is 0.411 e. The van der Waals surface area contributed by atoms with E-state index >= 15 is 0 Å². The number of nitrogens with two attached hydrogens (primary N) is 1. The molecule has 0 aliphatic carbocycles. The number of carbonyl (C=O) groups excluding carboxylic acids is 2. The van der Waals surface area contributed by atoms with Crippen LogP contribution in [-0.4, -0.2) is 52.5 Å². The first-order valence-electron chi connectivity index (χ1n) is 12.1. The Morgan fingerprint density at radius 2 is 1.98 bits per heavy atom. The van der Waals surface area contributed by atoms with E-state index in [0.717, 1.165) is 11.1 Å². The van der Waals surface area contributed by atoms with Crippen LogP contribution in [0.25, 0.3) is 11.3 Å². The lowest BCUT2D eigenvalue weighted by Gasteiger charge is -2.18. The number of hydrogen-bond donors (Lipinski definition) is 3. The first-order chi connectivity index (χ1) is 19.3. The molecule has 0 bridgehead atoms. The molecule has 0 aliphatic heterocycles. The number of aryl methyl sites for hydroxylation is 1. The Morgan fingerprint density at radius 1 is 1.15 bits per heavy atom. The first-order valence-corrected chi connectivity index (χ1v) is 12.5. The summed E-state index contributed by atoms with van der Waals surface area (Å²) in [6, 6.07) is 12.3. The Bertz CT molecular complexity index is 1530. The van der Waals surface area contributed by atoms with E-state index in [0.29, 0.717) is 47.1 Å². The molecule has 0 saturated carbocycles. The summed E-state index contributed by atoms with van der Waals surface area (Å²) in [6.45, 7) is 0.565. The topological polar surface area (TPSA) is 156 Å². The molecule has 13 heteroatoms. The number of methoxy groups -OCH3 is 1. The van der Waals surface area contributed by atoms with Gasteiger partial charge in [-0.15, -0.1) is 0 Å². The number of nitrogens with zero attached hydrogens (tertiary/aromatic N) is 4. The number of benzene rings is 1. The van der Waals surface area contributed by atoms with Crippen molar-refractivity contribution in [3.8, 4) is 22.9 Å². The highest BCUT2D eigenvalue weighted by molar-refractivity contribution is 6.29. The Hall–Kier alpha value is -4.68. The molecule has 40 heavy (non-hydrogen) atoms. The quantitative estimate of drug-likeness (QED) is 0.181. The molecule has 0 saturated heterocycles. The van der Waals surface area contributed by atoms with E-state index in [1.807, 2.05) is 31.4 Å². The second-order valence-corrected chi connectivity index (χ2v) is 8.93. The van der Waals surface area contributed by atoms with Crippen LogP contribution in [0.2, 0.25) is 5.15 Å². The number of aromatic nitrogens is 4. The van der Waals surface area contributed by atoms with Crippen molar-refractivity contribution in [1.29, 1.82) is 0 Å². The molecule has 4 N–H and O–H groups in total. The molecule has 12 nitrogen and oxygen atoms in total. The summed E-state index contributed by atoms with van der Waals surface area (Å²) >= 11 is 6.16. The average Bonchev–Trinajstić information content (AvgIpc) is 3.36. The van der Waals surface area contributed by atoms with Crippen LogP contribution in [0.3, 0.4) is 0 Å². The van der Waals surface area contributed by atoms with Gasteiger partial charge in [-0.2, -0.15) is 5.10 Å². The highest BCUT2D eigenvalue weighted by Gasteiger charge is 2.19. The predicted molar refractivity (Wildman–Crippen MR) is 149 cm³/mol. The van der Waals surface area contributed by atoms with Gasteiger partial charge in [0.2, 0.25) is 5.88 Å². The molecule has 0 fully saturated rings. The number of halogens is 1. The van der Waals surface area contributed by atoms with Gasteiger partial charge in [-0.3, -0.25) is 9.48 Å². The molecule has 3 aromatic heterocycles. The van der Waals surface area contributed by atoms with Gasteiger partial charge in [0.05, 0.1) is 48.6 Å². The van der Waals surface area contributed by atoms with E-state index < -0.39 is 6.09 Å². The van der Waals surface area contributed by atoms with Crippen molar-refractivity contribution in [2.45, 2.75) is 13.0 Å². The molecule has 0 atom stereocenters. The molecule has 0 spiro atoms. The fourth-order valence-electron chi connectivity index (χ4n) is 3.95. The Morgan fingerprint density at radius 3 is 2.67 bits per heavy atom. The predicted octanol–water partition coefficient (Wildman–Crippen LogP) is 3.86. The fraction of sp³-hybridized carbons (Fsp3) is 0.222. The zero-order valence-electron chi connectivity index (χ0n) is 22.1. The minimum atomic E-state index is -0.935. The maximum absolute atomic E-state index is 12.5. The van der Waals surface area contributed by atoms with Crippen LogP contribution in [0.5, 0.6) is 11.6 Å². The summed E-state index contributed by atoms with van der Waals surface area (Å²) in [5, 5.41) is 10.7. The molecule has 208 valence electrons. The van der Waals surface area contributed by atoms with Gasteiger partial charge in [-0.25, -0.2) is 14.8 Å². The van der Waals surface area contributed by atoms with E-state index in [2.05, 4.69) is 25.7 Å². The number of hydrogen-bond acceptors (Lipinski definition) is 9. The molecular formula is C27H28ClN7O5. The molecular weight excluding hydrogens is 538 g/mol. The largest absolute Gasteiger partial charge is 0.494 e. The Balaban J connectivity index is 1.61. The van der Waals surface area contributed by atoms with Gasteiger partial charge in [-0.1, -0.05) is 17.7 Å². The van der Waals surface area contributed by atoms with E-state index in [-0.39, 0.29) is 23.5 Å². The summed E-state index contributed by atoms with van der Waals surface area (Å²) in [6.07, 6.45) is 2.85. The lowest BCUT2D eigenvalue weighted by molar-refractivity contribution is 0.0963. The van der Waals surface area contributed by atoms with Crippen LogP contribution in [0, 0.1) is 0 Å². The summed E-state index contributed by atoms with van der Waals surface area (Å²) in [4.78, 5) is 31.7. The molecule has 0 radical (unpaired) electrons. The van der Waals surface area contributed by atoms with E-state index in [1.165, 1.54) is 19.3 Å². The molecule has 4 rings (SSSR count). The van der Waals surface area contributed by atoms with Gasteiger partial charge in [0.15, 0.2) is 5.75 Å². The summed E-state index contributed by atoms with van der Waals surface area (Å²) in [5.41, 5.74) is 9.40. The van der Waals surface area contributed by atoms with Crippen LogP contribution in [0.15, 0.2) is 54.9 Å². The molecule has 1 aromatic carbocycles. The second kappa shape index (κ2) is 12.9.